The maximum atomic E-state index is 13.5. The first-order valence-corrected chi connectivity index (χ1v) is 14.2. The van der Waals surface area contributed by atoms with E-state index in [0.29, 0.717) is 23.0 Å². The van der Waals surface area contributed by atoms with E-state index < -0.39 is 10.0 Å². The summed E-state index contributed by atoms with van der Waals surface area (Å²) in [4.78, 5) is 12.7. The van der Waals surface area contributed by atoms with Gasteiger partial charge in [-0.15, -0.1) is 0 Å². The van der Waals surface area contributed by atoms with Crippen molar-refractivity contribution < 1.29 is 22.7 Å². The number of hydrogen-bond donors (Lipinski definition) is 1. The van der Waals surface area contributed by atoms with Gasteiger partial charge >= 0.3 is 0 Å². The molecule has 0 aliphatic rings. The Morgan fingerprint density at radius 1 is 0.972 bits per heavy atom. The predicted octanol–water partition coefficient (Wildman–Crippen LogP) is 4.99. The van der Waals surface area contributed by atoms with Crippen molar-refractivity contribution in [2.45, 2.75) is 17.1 Å². The standard InChI is InChI=1S/C26H29ClN2O5S2/c1-33-24-13-12-23(17-25(24)34-2)36(31,32)29(22-10-4-3-5-11-22)18-26(30)28-14-7-15-35-19-20-8-6-9-21(27)16-20/h3-6,8-13,16-17H,7,14-15,18-19H2,1-2H3,(H,28,30). The third-order valence-corrected chi connectivity index (χ3v) is 8.34. The highest BCUT2D eigenvalue weighted by Gasteiger charge is 2.28. The van der Waals surface area contributed by atoms with Crippen molar-refractivity contribution in [3.05, 3.63) is 83.4 Å². The van der Waals surface area contributed by atoms with Crippen LogP contribution in [0.2, 0.25) is 5.02 Å². The van der Waals surface area contributed by atoms with Crippen LogP contribution in [-0.2, 0) is 20.6 Å². The highest BCUT2D eigenvalue weighted by Crippen LogP contribution is 2.32. The monoisotopic (exact) mass is 548 g/mol. The van der Waals surface area contributed by atoms with Gasteiger partial charge in [0, 0.05) is 23.4 Å². The van der Waals surface area contributed by atoms with E-state index in [-0.39, 0.29) is 23.1 Å². The molecule has 1 amide bonds. The summed E-state index contributed by atoms with van der Waals surface area (Å²) in [6.45, 7) is 0.0940. The molecule has 7 nitrogen and oxygen atoms in total. The summed E-state index contributed by atoms with van der Waals surface area (Å²) in [5, 5.41) is 3.55. The van der Waals surface area contributed by atoms with Crippen molar-refractivity contribution in [2.24, 2.45) is 0 Å². The minimum absolute atomic E-state index is 0.00535. The zero-order valence-electron chi connectivity index (χ0n) is 20.1. The smallest absolute Gasteiger partial charge is 0.264 e. The zero-order chi connectivity index (χ0) is 26.0. The number of nitrogens with zero attached hydrogens (tertiary/aromatic N) is 1. The van der Waals surface area contributed by atoms with Crippen LogP contribution in [0.4, 0.5) is 5.69 Å². The normalized spacial score (nSPS) is 11.1. The number of para-hydroxylation sites is 1. The fraction of sp³-hybridized carbons (Fsp3) is 0.269. The Labute approximate surface area is 221 Å². The van der Waals surface area contributed by atoms with Gasteiger partial charge in [-0.25, -0.2) is 8.42 Å². The lowest BCUT2D eigenvalue weighted by Gasteiger charge is -2.24. The Kier molecular flexibility index (Phi) is 10.3. The van der Waals surface area contributed by atoms with Crippen LogP contribution in [0.25, 0.3) is 0 Å². The van der Waals surface area contributed by atoms with Crippen molar-refractivity contribution in [3.8, 4) is 11.5 Å². The van der Waals surface area contributed by atoms with Crippen LogP contribution in [0.5, 0.6) is 11.5 Å². The van der Waals surface area contributed by atoms with Crippen LogP contribution in [0.15, 0.2) is 77.7 Å². The molecule has 0 saturated heterocycles. The third kappa shape index (κ3) is 7.56. The Bertz CT molecular complexity index is 1260. The summed E-state index contributed by atoms with van der Waals surface area (Å²) < 4.78 is 38.7. The number of amides is 1. The van der Waals surface area contributed by atoms with Crippen molar-refractivity contribution in [1.29, 1.82) is 0 Å². The molecular weight excluding hydrogens is 520 g/mol. The first kappa shape index (κ1) is 27.7. The number of ether oxygens (including phenoxy) is 2. The quantitative estimate of drug-likeness (QED) is 0.303. The van der Waals surface area contributed by atoms with E-state index in [2.05, 4.69) is 5.32 Å². The van der Waals surface area contributed by atoms with E-state index >= 15 is 0 Å². The van der Waals surface area contributed by atoms with E-state index in [1.54, 1.807) is 42.1 Å². The van der Waals surface area contributed by atoms with Gasteiger partial charge < -0.3 is 14.8 Å². The van der Waals surface area contributed by atoms with Crippen LogP contribution in [-0.4, -0.2) is 47.4 Å². The summed E-state index contributed by atoms with van der Waals surface area (Å²) in [6, 6.07) is 20.6. The predicted molar refractivity (Wildman–Crippen MR) is 146 cm³/mol. The molecule has 0 fully saturated rings. The molecule has 0 atom stereocenters. The average Bonchev–Trinajstić information content (AvgIpc) is 2.89. The van der Waals surface area contributed by atoms with Gasteiger partial charge in [0.2, 0.25) is 5.91 Å². The first-order valence-electron chi connectivity index (χ1n) is 11.2. The Morgan fingerprint density at radius 2 is 1.72 bits per heavy atom. The number of sulfonamides is 1. The third-order valence-electron chi connectivity index (χ3n) is 5.22. The van der Waals surface area contributed by atoms with Crippen molar-refractivity contribution in [2.75, 3.05) is 37.4 Å². The molecule has 0 radical (unpaired) electrons. The van der Waals surface area contributed by atoms with E-state index in [0.717, 1.165) is 27.8 Å². The molecule has 0 unspecified atom stereocenters. The lowest BCUT2D eigenvalue weighted by Crippen LogP contribution is -2.41. The van der Waals surface area contributed by atoms with Gasteiger partial charge in [-0.1, -0.05) is 41.9 Å². The lowest BCUT2D eigenvalue weighted by atomic mass is 10.2. The largest absolute Gasteiger partial charge is 0.493 e. The number of carbonyl (C=O) groups excluding carboxylic acids is 1. The Balaban J connectivity index is 1.62. The highest BCUT2D eigenvalue weighted by molar-refractivity contribution is 7.98. The molecule has 0 aliphatic carbocycles. The minimum Gasteiger partial charge on any atom is -0.493 e. The summed E-state index contributed by atoms with van der Waals surface area (Å²) >= 11 is 7.76. The van der Waals surface area contributed by atoms with Crippen LogP contribution in [0.1, 0.15) is 12.0 Å². The molecule has 0 saturated carbocycles. The number of hydrogen-bond acceptors (Lipinski definition) is 6. The molecule has 192 valence electrons. The molecule has 3 aromatic rings. The molecule has 3 rings (SSSR count). The van der Waals surface area contributed by atoms with Crippen LogP contribution >= 0.6 is 23.4 Å². The second kappa shape index (κ2) is 13.4. The lowest BCUT2D eigenvalue weighted by molar-refractivity contribution is -0.119. The van der Waals surface area contributed by atoms with Crippen molar-refractivity contribution in [1.82, 2.24) is 5.32 Å². The molecular formula is C26H29ClN2O5S2. The first-order chi connectivity index (χ1) is 17.3. The Hall–Kier alpha value is -2.88. The summed E-state index contributed by atoms with van der Waals surface area (Å²) in [7, 11) is -1.15. The SMILES string of the molecule is COc1ccc(S(=O)(=O)N(CC(=O)NCCCSCc2cccc(Cl)c2)c2ccccc2)cc1OC. The van der Waals surface area contributed by atoms with Crippen LogP contribution < -0.4 is 19.1 Å². The molecule has 3 aromatic carbocycles. The average molecular weight is 549 g/mol. The summed E-state index contributed by atoms with van der Waals surface area (Å²) in [6.07, 6.45) is 0.755. The number of halogens is 1. The van der Waals surface area contributed by atoms with Gasteiger partial charge in [-0.2, -0.15) is 11.8 Å². The molecule has 0 aromatic heterocycles. The highest BCUT2D eigenvalue weighted by atomic mass is 35.5. The number of methoxy groups -OCH3 is 2. The zero-order valence-corrected chi connectivity index (χ0v) is 22.5. The number of carbonyl (C=O) groups is 1. The maximum absolute atomic E-state index is 13.5. The molecule has 0 bridgehead atoms. The van der Waals surface area contributed by atoms with E-state index in [4.69, 9.17) is 21.1 Å². The van der Waals surface area contributed by atoms with Gasteiger partial charge in [0.25, 0.3) is 10.0 Å². The van der Waals surface area contributed by atoms with Gasteiger partial charge in [0.15, 0.2) is 11.5 Å². The number of thioether (sulfide) groups is 1. The van der Waals surface area contributed by atoms with Crippen molar-refractivity contribution in [3.63, 3.8) is 0 Å². The fourth-order valence-corrected chi connectivity index (χ4v) is 5.98. The second-order valence-corrected chi connectivity index (χ2v) is 11.2. The van der Waals surface area contributed by atoms with E-state index in [1.165, 1.54) is 32.4 Å². The molecule has 36 heavy (non-hydrogen) atoms. The summed E-state index contributed by atoms with van der Waals surface area (Å²) in [5.41, 5.74) is 1.54. The van der Waals surface area contributed by atoms with E-state index in [9.17, 15) is 13.2 Å². The Morgan fingerprint density at radius 3 is 2.42 bits per heavy atom. The van der Waals surface area contributed by atoms with Crippen LogP contribution in [0, 0.1) is 0 Å². The van der Waals surface area contributed by atoms with Gasteiger partial charge in [0.1, 0.15) is 6.54 Å². The van der Waals surface area contributed by atoms with Crippen LogP contribution in [0.3, 0.4) is 0 Å². The minimum atomic E-state index is -4.06. The maximum Gasteiger partial charge on any atom is 0.264 e. The van der Waals surface area contributed by atoms with Crippen molar-refractivity contribution >= 4 is 45.0 Å². The fourth-order valence-electron chi connectivity index (χ4n) is 3.42. The molecule has 1 N–H and O–H groups in total. The topological polar surface area (TPSA) is 84.9 Å². The molecule has 0 spiro atoms. The summed E-state index contributed by atoms with van der Waals surface area (Å²) in [5.74, 6) is 1.99. The number of anilines is 1. The van der Waals surface area contributed by atoms with Gasteiger partial charge in [0.05, 0.1) is 24.8 Å². The van der Waals surface area contributed by atoms with Gasteiger partial charge in [-0.05, 0) is 54.1 Å². The molecule has 10 heteroatoms. The number of nitrogens with one attached hydrogen (secondary N) is 1. The van der Waals surface area contributed by atoms with Gasteiger partial charge in [-0.3, -0.25) is 9.10 Å². The molecule has 0 heterocycles. The van der Waals surface area contributed by atoms with E-state index in [1.807, 2.05) is 24.3 Å². The second-order valence-electron chi connectivity index (χ2n) is 7.75. The molecule has 0 aliphatic heterocycles. The number of rotatable bonds is 13. The number of benzene rings is 3.